The van der Waals surface area contributed by atoms with Gasteiger partial charge in [-0.2, -0.15) is 13.2 Å². The SMILES string of the molecule is CCSc1cc([C@@H]2CCCNC2)c(OC)cc1C(F)(F)F. The van der Waals surface area contributed by atoms with Crippen LogP contribution < -0.4 is 10.1 Å². The summed E-state index contributed by atoms with van der Waals surface area (Å²) in [6.45, 7) is 3.62. The zero-order chi connectivity index (χ0) is 15.5. The Labute approximate surface area is 127 Å². The fourth-order valence-corrected chi connectivity index (χ4v) is 3.54. The number of piperidine rings is 1. The highest BCUT2D eigenvalue weighted by atomic mass is 32.2. The van der Waals surface area contributed by atoms with Crippen molar-refractivity contribution in [3.05, 3.63) is 23.3 Å². The van der Waals surface area contributed by atoms with Gasteiger partial charge in [-0.3, -0.25) is 0 Å². The van der Waals surface area contributed by atoms with Crippen LogP contribution in [0.4, 0.5) is 13.2 Å². The van der Waals surface area contributed by atoms with E-state index in [9.17, 15) is 13.2 Å². The van der Waals surface area contributed by atoms with Crippen LogP contribution in [0.5, 0.6) is 5.75 Å². The third-order valence-electron chi connectivity index (χ3n) is 3.67. The lowest BCUT2D eigenvalue weighted by atomic mass is 9.90. The molecule has 1 aliphatic heterocycles. The van der Waals surface area contributed by atoms with Crippen molar-refractivity contribution >= 4 is 11.8 Å². The quantitative estimate of drug-likeness (QED) is 0.836. The van der Waals surface area contributed by atoms with Crippen molar-refractivity contribution in [3.8, 4) is 5.75 Å². The van der Waals surface area contributed by atoms with Gasteiger partial charge >= 0.3 is 6.18 Å². The van der Waals surface area contributed by atoms with Gasteiger partial charge in [-0.25, -0.2) is 0 Å². The van der Waals surface area contributed by atoms with Crippen LogP contribution in [-0.4, -0.2) is 26.0 Å². The molecule has 0 unspecified atom stereocenters. The monoisotopic (exact) mass is 319 g/mol. The van der Waals surface area contributed by atoms with E-state index in [0.29, 0.717) is 16.4 Å². The van der Waals surface area contributed by atoms with E-state index in [1.165, 1.54) is 18.9 Å². The van der Waals surface area contributed by atoms with Crippen LogP contribution in [0.2, 0.25) is 0 Å². The normalized spacial score (nSPS) is 19.6. The number of rotatable bonds is 4. The lowest BCUT2D eigenvalue weighted by molar-refractivity contribution is -0.139. The van der Waals surface area contributed by atoms with E-state index < -0.39 is 11.7 Å². The first kappa shape index (κ1) is 16.5. The first-order chi connectivity index (χ1) is 9.97. The molecule has 1 aromatic rings. The van der Waals surface area contributed by atoms with Crippen molar-refractivity contribution in [2.24, 2.45) is 0 Å². The van der Waals surface area contributed by atoms with Crippen LogP contribution in [0, 0.1) is 0 Å². The highest BCUT2D eigenvalue weighted by molar-refractivity contribution is 7.99. The number of hydrogen-bond donors (Lipinski definition) is 1. The molecule has 1 atom stereocenters. The molecule has 0 aromatic heterocycles. The number of hydrogen-bond acceptors (Lipinski definition) is 3. The van der Waals surface area contributed by atoms with Gasteiger partial charge in [0, 0.05) is 17.4 Å². The average molecular weight is 319 g/mol. The van der Waals surface area contributed by atoms with Gasteiger partial charge in [-0.1, -0.05) is 6.92 Å². The Balaban J connectivity index is 2.46. The predicted octanol–water partition coefficient (Wildman–Crippen LogP) is 4.29. The van der Waals surface area contributed by atoms with Crippen LogP contribution in [0.25, 0.3) is 0 Å². The zero-order valence-electron chi connectivity index (χ0n) is 12.2. The van der Waals surface area contributed by atoms with Crippen molar-refractivity contribution in [3.63, 3.8) is 0 Å². The molecule has 1 aromatic carbocycles. The van der Waals surface area contributed by atoms with Crippen molar-refractivity contribution < 1.29 is 17.9 Å². The average Bonchev–Trinajstić information content (AvgIpc) is 2.47. The van der Waals surface area contributed by atoms with Crippen molar-refractivity contribution in [2.45, 2.75) is 36.8 Å². The Morgan fingerprint density at radius 3 is 2.67 bits per heavy atom. The first-order valence-electron chi connectivity index (χ1n) is 7.10. The number of ether oxygens (including phenoxy) is 1. The number of halogens is 3. The third-order valence-corrected chi connectivity index (χ3v) is 4.61. The molecule has 1 aliphatic rings. The first-order valence-corrected chi connectivity index (χ1v) is 8.08. The number of methoxy groups -OCH3 is 1. The van der Waals surface area contributed by atoms with E-state index in [-0.39, 0.29) is 5.92 Å². The molecule has 2 nitrogen and oxygen atoms in total. The van der Waals surface area contributed by atoms with Gasteiger partial charge < -0.3 is 10.1 Å². The molecule has 1 fully saturated rings. The predicted molar refractivity (Wildman–Crippen MR) is 79.2 cm³/mol. The molecule has 0 bridgehead atoms. The molecular weight excluding hydrogens is 299 g/mol. The minimum Gasteiger partial charge on any atom is -0.496 e. The Hall–Kier alpha value is -0.880. The van der Waals surface area contributed by atoms with E-state index in [1.54, 1.807) is 6.07 Å². The Kier molecular flexibility index (Phi) is 5.43. The van der Waals surface area contributed by atoms with Crippen LogP contribution in [-0.2, 0) is 6.18 Å². The van der Waals surface area contributed by atoms with Crippen LogP contribution in [0.3, 0.4) is 0 Å². The maximum atomic E-state index is 13.2. The van der Waals surface area contributed by atoms with Gasteiger partial charge in [0.25, 0.3) is 0 Å². The number of benzene rings is 1. The van der Waals surface area contributed by atoms with Crippen LogP contribution in [0.1, 0.15) is 36.8 Å². The summed E-state index contributed by atoms with van der Waals surface area (Å²) in [5.74, 6) is 1.17. The lowest BCUT2D eigenvalue weighted by Crippen LogP contribution is -2.28. The highest BCUT2D eigenvalue weighted by Gasteiger charge is 2.35. The van der Waals surface area contributed by atoms with Crippen molar-refractivity contribution in [1.29, 1.82) is 0 Å². The van der Waals surface area contributed by atoms with Gasteiger partial charge in [0.1, 0.15) is 5.75 Å². The largest absolute Gasteiger partial charge is 0.496 e. The summed E-state index contributed by atoms with van der Waals surface area (Å²) in [6.07, 6.45) is -2.34. The van der Waals surface area contributed by atoms with E-state index in [4.69, 9.17) is 4.74 Å². The molecule has 6 heteroatoms. The molecule has 0 radical (unpaired) electrons. The van der Waals surface area contributed by atoms with E-state index in [0.717, 1.165) is 37.6 Å². The molecule has 118 valence electrons. The van der Waals surface area contributed by atoms with Gasteiger partial charge in [0.2, 0.25) is 0 Å². The van der Waals surface area contributed by atoms with Crippen LogP contribution in [0.15, 0.2) is 17.0 Å². The fourth-order valence-electron chi connectivity index (χ4n) is 2.69. The standard InChI is InChI=1S/C15H20F3NOS/c1-3-21-14-7-11(10-5-4-6-19-9-10)13(20-2)8-12(14)15(16,17)18/h7-8,10,19H,3-6,9H2,1-2H3/t10-/m1/s1. The van der Waals surface area contributed by atoms with Crippen molar-refractivity contribution in [1.82, 2.24) is 5.32 Å². The highest BCUT2D eigenvalue weighted by Crippen LogP contribution is 2.43. The molecule has 0 amide bonds. The molecule has 21 heavy (non-hydrogen) atoms. The second-order valence-electron chi connectivity index (χ2n) is 5.06. The van der Waals surface area contributed by atoms with Crippen molar-refractivity contribution in [2.75, 3.05) is 26.0 Å². The van der Waals surface area contributed by atoms with Gasteiger partial charge in [0.05, 0.1) is 12.7 Å². The number of alkyl halides is 3. The summed E-state index contributed by atoms with van der Waals surface area (Å²) in [7, 11) is 1.43. The minimum atomic E-state index is -4.35. The minimum absolute atomic E-state index is 0.215. The van der Waals surface area contributed by atoms with Gasteiger partial charge in [-0.05, 0) is 42.8 Å². The maximum Gasteiger partial charge on any atom is 0.417 e. The summed E-state index contributed by atoms with van der Waals surface area (Å²) in [5, 5.41) is 3.30. The summed E-state index contributed by atoms with van der Waals surface area (Å²) >= 11 is 1.23. The Morgan fingerprint density at radius 1 is 1.38 bits per heavy atom. The Morgan fingerprint density at radius 2 is 2.14 bits per heavy atom. The molecular formula is C15H20F3NOS. The third kappa shape index (κ3) is 3.86. The molecule has 0 aliphatic carbocycles. The number of nitrogens with one attached hydrogen (secondary N) is 1. The summed E-state index contributed by atoms with van der Waals surface area (Å²) in [5.41, 5.74) is 0.285. The molecule has 1 saturated heterocycles. The maximum absolute atomic E-state index is 13.2. The topological polar surface area (TPSA) is 21.3 Å². The second-order valence-corrected chi connectivity index (χ2v) is 6.37. The van der Waals surface area contributed by atoms with E-state index >= 15 is 0 Å². The smallest absolute Gasteiger partial charge is 0.417 e. The summed E-state index contributed by atoms with van der Waals surface area (Å²) in [4.78, 5) is 0.298. The van der Waals surface area contributed by atoms with E-state index in [2.05, 4.69) is 5.32 Å². The lowest BCUT2D eigenvalue weighted by Gasteiger charge is -2.26. The summed E-state index contributed by atoms with van der Waals surface area (Å²) < 4.78 is 44.8. The molecule has 1 heterocycles. The van der Waals surface area contributed by atoms with Gasteiger partial charge in [0.15, 0.2) is 0 Å². The second kappa shape index (κ2) is 6.92. The summed E-state index contributed by atoms with van der Waals surface area (Å²) in [6, 6.07) is 2.83. The van der Waals surface area contributed by atoms with Crippen LogP contribution >= 0.6 is 11.8 Å². The Bertz CT molecular complexity index is 485. The number of thioether (sulfide) groups is 1. The zero-order valence-corrected chi connectivity index (χ0v) is 13.0. The molecule has 0 spiro atoms. The van der Waals surface area contributed by atoms with Gasteiger partial charge in [-0.15, -0.1) is 11.8 Å². The van der Waals surface area contributed by atoms with E-state index in [1.807, 2.05) is 6.92 Å². The molecule has 2 rings (SSSR count). The fraction of sp³-hybridized carbons (Fsp3) is 0.600. The molecule has 1 N–H and O–H groups in total. The molecule has 0 saturated carbocycles.